The molecule has 1 aromatic heterocycles. The molecule has 0 radical (unpaired) electrons. The number of nitro benzene ring substituents is 1. The molecular weight excluding hydrogens is 326 g/mol. The Morgan fingerprint density at radius 1 is 1.38 bits per heavy atom. The Labute approximate surface area is 144 Å². The van der Waals surface area contributed by atoms with Crippen molar-refractivity contribution >= 4 is 28.6 Å². The Bertz CT molecular complexity index is 715. The Morgan fingerprint density at radius 3 is 2.75 bits per heavy atom. The minimum atomic E-state index is -0.443. The van der Waals surface area contributed by atoms with Crippen LogP contribution in [-0.4, -0.2) is 35.9 Å². The van der Waals surface area contributed by atoms with Crippen LogP contribution >= 0.6 is 11.3 Å². The van der Waals surface area contributed by atoms with Crippen LogP contribution in [0.4, 0.5) is 11.4 Å². The number of hydrogen-bond donors (Lipinski definition) is 0. The first-order valence-corrected chi connectivity index (χ1v) is 8.72. The third-order valence-corrected chi connectivity index (χ3v) is 5.37. The molecule has 6 nitrogen and oxygen atoms in total. The first-order chi connectivity index (χ1) is 11.6. The highest BCUT2D eigenvalue weighted by Crippen LogP contribution is 2.34. The molecule has 2 heterocycles. The topological polar surface area (TPSA) is 66.7 Å². The lowest BCUT2D eigenvalue weighted by Gasteiger charge is -2.26. The fraction of sp³-hybridized carbons (Fsp3) is 0.353. The van der Waals surface area contributed by atoms with Gasteiger partial charge in [-0.25, -0.2) is 0 Å². The van der Waals surface area contributed by atoms with Crippen molar-refractivity contribution in [2.45, 2.75) is 18.9 Å². The van der Waals surface area contributed by atoms with Crippen molar-refractivity contribution in [1.29, 1.82) is 0 Å². The van der Waals surface area contributed by atoms with Gasteiger partial charge in [0.05, 0.1) is 11.5 Å². The second kappa shape index (κ2) is 7.11. The highest BCUT2D eigenvalue weighted by molar-refractivity contribution is 7.10. The maximum absolute atomic E-state index is 12.6. The lowest BCUT2D eigenvalue weighted by Crippen LogP contribution is -2.38. The van der Waals surface area contributed by atoms with Gasteiger partial charge in [0.25, 0.3) is 5.69 Å². The number of rotatable bonds is 5. The highest BCUT2D eigenvalue weighted by Gasteiger charge is 2.29. The van der Waals surface area contributed by atoms with Gasteiger partial charge in [0.1, 0.15) is 0 Å². The van der Waals surface area contributed by atoms with Gasteiger partial charge in [-0.3, -0.25) is 19.8 Å². The molecule has 24 heavy (non-hydrogen) atoms. The average Bonchev–Trinajstić information content (AvgIpc) is 3.25. The van der Waals surface area contributed by atoms with Crippen molar-refractivity contribution in [2.24, 2.45) is 0 Å². The van der Waals surface area contributed by atoms with Gasteiger partial charge >= 0.3 is 0 Å². The van der Waals surface area contributed by atoms with Gasteiger partial charge in [0.15, 0.2) is 0 Å². The molecule has 0 bridgehead atoms. The van der Waals surface area contributed by atoms with Crippen LogP contribution in [0.1, 0.15) is 23.8 Å². The van der Waals surface area contributed by atoms with Crippen LogP contribution in [0.2, 0.25) is 0 Å². The number of nitro groups is 1. The number of benzene rings is 1. The van der Waals surface area contributed by atoms with Crippen LogP contribution in [0.15, 0.2) is 41.8 Å². The van der Waals surface area contributed by atoms with Crippen molar-refractivity contribution in [3.8, 4) is 0 Å². The number of likely N-dealkylation sites (tertiary alicyclic amines) is 1. The summed E-state index contributed by atoms with van der Waals surface area (Å²) in [5, 5.41) is 12.8. The van der Waals surface area contributed by atoms with Crippen molar-refractivity contribution in [3.63, 3.8) is 0 Å². The quantitative estimate of drug-likeness (QED) is 0.615. The van der Waals surface area contributed by atoms with Gasteiger partial charge in [0, 0.05) is 35.8 Å². The largest absolute Gasteiger partial charge is 0.314 e. The van der Waals surface area contributed by atoms with E-state index in [0.717, 1.165) is 19.4 Å². The van der Waals surface area contributed by atoms with E-state index in [1.165, 1.54) is 17.0 Å². The molecule has 0 spiro atoms. The predicted octanol–water partition coefficient (Wildman–Crippen LogP) is 3.46. The molecule has 1 saturated heterocycles. The first-order valence-electron chi connectivity index (χ1n) is 7.84. The molecule has 1 aliphatic heterocycles. The summed E-state index contributed by atoms with van der Waals surface area (Å²) < 4.78 is 0. The van der Waals surface area contributed by atoms with E-state index in [4.69, 9.17) is 0 Å². The number of carbonyl (C=O) groups is 1. The van der Waals surface area contributed by atoms with Gasteiger partial charge in [-0.05, 0) is 43.0 Å². The number of carbonyl (C=O) groups excluding carboxylic acids is 1. The zero-order chi connectivity index (χ0) is 17.1. The molecule has 126 valence electrons. The zero-order valence-corrected chi connectivity index (χ0v) is 14.2. The predicted molar refractivity (Wildman–Crippen MR) is 94.4 cm³/mol. The second-order valence-electron chi connectivity index (χ2n) is 5.87. The third kappa shape index (κ3) is 3.47. The van der Waals surface area contributed by atoms with Crippen LogP contribution in [0.25, 0.3) is 0 Å². The van der Waals surface area contributed by atoms with Crippen LogP contribution in [0.5, 0.6) is 0 Å². The number of nitrogens with zero attached hydrogens (tertiary/aromatic N) is 3. The van der Waals surface area contributed by atoms with Gasteiger partial charge in [-0.2, -0.15) is 0 Å². The number of hydrogen-bond acceptors (Lipinski definition) is 5. The fourth-order valence-electron chi connectivity index (χ4n) is 3.04. The maximum atomic E-state index is 12.6. The molecule has 0 N–H and O–H groups in total. The third-order valence-electron chi connectivity index (χ3n) is 4.40. The number of thiophene rings is 1. The smallest absolute Gasteiger partial charge is 0.269 e. The molecule has 1 fully saturated rings. The zero-order valence-electron chi connectivity index (χ0n) is 13.4. The summed E-state index contributed by atoms with van der Waals surface area (Å²) in [6.07, 6.45) is 2.17. The van der Waals surface area contributed by atoms with Crippen molar-refractivity contribution in [3.05, 3.63) is 56.8 Å². The van der Waals surface area contributed by atoms with Gasteiger partial charge in [-0.15, -0.1) is 11.3 Å². The number of likely N-dealkylation sites (N-methyl/N-ethyl adjacent to an activating group) is 1. The highest BCUT2D eigenvalue weighted by atomic mass is 32.1. The summed E-state index contributed by atoms with van der Waals surface area (Å²) in [4.78, 5) is 27.9. The minimum absolute atomic E-state index is 0.00712. The molecule has 0 saturated carbocycles. The molecule has 2 aromatic rings. The van der Waals surface area contributed by atoms with Crippen LogP contribution in [0.3, 0.4) is 0 Å². The van der Waals surface area contributed by atoms with Crippen molar-refractivity contribution in [1.82, 2.24) is 4.90 Å². The normalized spacial score (nSPS) is 17.8. The van der Waals surface area contributed by atoms with Crippen molar-refractivity contribution < 1.29 is 9.72 Å². The SMILES string of the molecule is CN(C(=O)CN1CCCC1c1cccs1)c1ccc([N+](=O)[O-])cc1. The van der Waals surface area contributed by atoms with E-state index < -0.39 is 4.92 Å². The van der Waals surface area contributed by atoms with Crippen molar-refractivity contribution in [2.75, 3.05) is 25.0 Å². The fourth-order valence-corrected chi connectivity index (χ4v) is 3.94. The molecule has 1 amide bonds. The monoisotopic (exact) mass is 345 g/mol. The van der Waals surface area contributed by atoms with Gasteiger partial charge in [0.2, 0.25) is 5.91 Å². The number of anilines is 1. The van der Waals surface area contributed by atoms with E-state index >= 15 is 0 Å². The van der Waals surface area contributed by atoms with E-state index in [2.05, 4.69) is 16.3 Å². The Kier molecular flexibility index (Phi) is 4.92. The molecule has 1 aliphatic rings. The molecule has 1 aromatic carbocycles. The van der Waals surface area contributed by atoms with E-state index in [0.29, 0.717) is 18.3 Å². The Balaban J connectivity index is 1.66. The summed E-state index contributed by atoms with van der Waals surface area (Å²) in [7, 11) is 1.71. The van der Waals surface area contributed by atoms with E-state index in [1.807, 2.05) is 6.07 Å². The molecule has 1 atom stereocenters. The van der Waals surface area contributed by atoms with Crippen LogP contribution in [-0.2, 0) is 4.79 Å². The van der Waals surface area contributed by atoms with Gasteiger partial charge < -0.3 is 4.90 Å². The summed E-state index contributed by atoms with van der Waals surface area (Å²) in [6.45, 7) is 1.28. The Hall–Kier alpha value is -2.25. The summed E-state index contributed by atoms with van der Waals surface area (Å²) in [6, 6.07) is 10.5. The lowest BCUT2D eigenvalue weighted by molar-refractivity contribution is -0.384. The van der Waals surface area contributed by atoms with E-state index in [9.17, 15) is 14.9 Å². The van der Waals surface area contributed by atoms with Gasteiger partial charge in [-0.1, -0.05) is 6.07 Å². The standard InChI is InChI=1S/C17H19N3O3S/c1-18(13-6-8-14(9-7-13)20(22)23)17(21)12-19-10-2-4-15(19)16-5-3-11-24-16/h3,5-9,11,15H,2,4,10,12H2,1H3. The second-order valence-corrected chi connectivity index (χ2v) is 6.85. The summed E-state index contributed by atoms with van der Waals surface area (Å²) in [5.74, 6) is -0.00712. The Morgan fingerprint density at radius 2 is 2.12 bits per heavy atom. The van der Waals surface area contributed by atoms with Crippen LogP contribution in [0, 0.1) is 10.1 Å². The van der Waals surface area contributed by atoms with E-state index in [-0.39, 0.29) is 11.6 Å². The van der Waals surface area contributed by atoms with Crippen LogP contribution < -0.4 is 4.90 Å². The molecule has 0 aliphatic carbocycles. The summed E-state index contributed by atoms with van der Waals surface area (Å²) in [5.41, 5.74) is 0.689. The number of amides is 1. The maximum Gasteiger partial charge on any atom is 0.269 e. The molecule has 7 heteroatoms. The number of non-ortho nitro benzene ring substituents is 1. The molecule has 1 unspecified atom stereocenters. The molecular formula is C17H19N3O3S. The molecule has 3 rings (SSSR count). The minimum Gasteiger partial charge on any atom is -0.314 e. The lowest BCUT2D eigenvalue weighted by atomic mass is 10.2. The average molecular weight is 345 g/mol. The van der Waals surface area contributed by atoms with E-state index in [1.54, 1.807) is 35.4 Å². The summed E-state index contributed by atoms with van der Waals surface area (Å²) >= 11 is 1.73. The first kappa shape index (κ1) is 16.6.